The molecule has 1 N–H and O–H groups in total. The minimum absolute atomic E-state index is 0.00103. The lowest BCUT2D eigenvalue weighted by molar-refractivity contribution is -0.274. The third-order valence-electron chi connectivity index (χ3n) is 8.51. The molecular weight excluding hydrogens is 583 g/mol. The molecule has 1 saturated carbocycles. The molecule has 0 amide bonds. The number of pyridine rings is 1. The molecule has 1 atom stereocenters. The van der Waals surface area contributed by atoms with Gasteiger partial charge in [-0.25, -0.2) is 27.7 Å². The Morgan fingerprint density at radius 2 is 1.74 bits per heavy atom. The number of hydrogen-bond donors (Lipinski definition) is 1. The maximum Gasteiger partial charge on any atom is 0.573 e. The van der Waals surface area contributed by atoms with Gasteiger partial charge in [-0.1, -0.05) is 0 Å². The van der Waals surface area contributed by atoms with Crippen LogP contribution in [0.2, 0.25) is 0 Å². The molecule has 0 spiro atoms. The van der Waals surface area contributed by atoms with Gasteiger partial charge in [0.1, 0.15) is 17.3 Å². The van der Waals surface area contributed by atoms with Gasteiger partial charge in [-0.05, 0) is 87.6 Å². The summed E-state index contributed by atoms with van der Waals surface area (Å²) in [6, 6.07) is 7.19. The summed E-state index contributed by atoms with van der Waals surface area (Å²) in [5.74, 6) is 1.41. The van der Waals surface area contributed by atoms with E-state index in [-0.39, 0.29) is 35.9 Å². The molecule has 230 valence electrons. The molecule has 1 aliphatic heterocycles. The first-order chi connectivity index (χ1) is 20.5. The van der Waals surface area contributed by atoms with E-state index in [0.717, 1.165) is 66.3 Å². The van der Waals surface area contributed by atoms with Gasteiger partial charge in [0.15, 0.2) is 5.65 Å². The quantitative estimate of drug-likeness (QED) is 0.254. The Balaban J connectivity index is 1.04. The first-order valence-corrected chi connectivity index (χ1v) is 16.2. The lowest BCUT2D eigenvalue weighted by Gasteiger charge is -2.34. The van der Waals surface area contributed by atoms with E-state index in [9.17, 15) is 21.6 Å². The van der Waals surface area contributed by atoms with Crippen LogP contribution in [0.25, 0.3) is 21.9 Å². The summed E-state index contributed by atoms with van der Waals surface area (Å²) in [4.78, 5) is 16.9. The van der Waals surface area contributed by atoms with Crippen LogP contribution in [0.3, 0.4) is 0 Å². The Labute approximate surface area is 247 Å². The summed E-state index contributed by atoms with van der Waals surface area (Å²) in [5.41, 5.74) is 2.67. The van der Waals surface area contributed by atoms with Crippen LogP contribution in [-0.2, 0) is 10.0 Å². The van der Waals surface area contributed by atoms with Crippen molar-refractivity contribution in [2.45, 2.75) is 57.7 Å². The van der Waals surface area contributed by atoms with Gasteiger partial charge in [0.25, 0.3) is 0 Å². The highest BCUT2D eigenvalue weighted by Gasteiger charge is 2.34. The highest BCUT2D eigenvalue weighted by molar-refractivity contribution is 7.89. The highest BCUT2D eigenvalue weighted by Crippen LogP contribution is 2.40. The number of alkyl halides is 3. The third-order valence-corrected chi connectivity index (χ3v) is 10.5. The third kappa shape index (κ3) is 6.87. The fourth-order valence-electron chi connectivity index (χ4n) is 6.48. The maximum absolute atomic E-state index is 13.5. The predicted molar refractivity (Wildman–Crippen MR) is 155 cm³/mol. The van der Waals surface area contributed by atoms with Crippen molar-refractivity contribution >= 4 is 32.0 Å². The van der Waals surface area contributed by atoms with Crippen molar-refractivity contribution in [1.29, 1.82) is 0 Å². The van der Waals surface area contributed by atoms with Gasteiger partial charge < -0.3 is 14.5 Å². The number of rotatable bonds is 8. The van der Waals surface area contributed by atoms with Crippen molar-refractivity contribution in [3.8, 4) is 11.5 Å². The van der Waals surface area contributed by atoms with E-state index in [1.165, 1.54) is 24.3 Å². The number of hydrogen-bond acceptors (Lipinski definition) is 7. The molecule has 0 radical (unpaired) electrons. The zero-order valence-electron chi connectivity index (χ0n) is 23.8. The first kappa shape index (κ1) is 29.6. The number of H-pyrrole nitrogens is 1. The molecule has 13 heteroatoms. The van der Waals surface area contributed by atoms with Gasteiger partial charge in [-0.15, -0.1) is 13.2 Å². The Morgan fingerprint density at radius 1 is 1.00 bits per heavy atom. The molecule has 4 aromatic rings. The maximum atomic E-state index is 13.5. The summed E-state index contributed by atoms with van der Waals surface area (Å²) >= 11 is 0. The van der Waals surface area contributed by atoms with Crippen molar-refractivity contribution in [2.75, 3.05) is 25.4 Å². The molecule has 1 aliphatic carbocycles. The Morgan fingerprint density at radius 3 is 2.49 bits per heavy atom. The molecule has 1 aromatic carbocycles. The average molecular weight is 618 g/mol. The summed E-state index contributed by atoms with van der Waals surface area (Å²) in [7, 11) is -3.45. The summed E-state index contributed by atoms with van der Waals surface area (Å²) in [6.07, 6.45) is 3.75. The fourth-order valence-corrected chi connectivity index (χ4v) is 8.46. The van der Waals surface area contributed by atoms with Crippen molar-refractivity contribution in [2.24, 2.45) is 11.8 Å². The number of ether oxygens (including phenoxy) is 2. The van der Waals surface area contributed by atoms with Crippen molar-refractivity contribution in [1.82, 2.24) is 24.2 Å². The van der Waals surface area contributed by atoms with Crippen LogP contribution < -0.4 is 9.47 Å². The summed E-state index contributed by atoms with van der Waals surface area (Å²) in [6.45, 7) is 3.09. The van der Waals surface area contributed by atoms with E-state index in [0.29, 0.717) is 24.5 Å². The number of halogens is 3. The molecule has 0 bridgehead atoms. The number of fused-ring (bicyclic) bond motifs is 3. The molecule has 9 nitrogen and oxygen atoms in total. The second-order valence-corrected chi connectivity index (χ2v) is 13.6. The molecule has 1 unspecified atom stereocenters. The van der Waals surface area contributed by atoms with Gasteiger partial charge in [0, 0.05) is 41.7 Å². The number of benzene rings is 1. The first-order valence-electron chi connectivity index (χ1n) is 14.6. The Bertz CT molecular complexity index is 1690. The molecule has 4 heterocycles. The number of nitrogens with zero attached hydrogens (tertiary/aromatic N) is 4. The smallest absolute Gasteiger partial charge is 0.493 e. The number of piperidine rings is 1. The van der Waals surface area contributed by atoms with Crippen LogP contribution in [-0.4, -0.2) is 64.5 Å². The van der Waals surface area contributed by atoms with Crippen LogP contribution in [0, 0.1) is 18.8 Å². The fraction of sp³-hybridized carbons (Fsp3) is 0.500. The lowest BCUT2D eigenvalue weighted by atomic mass is 9.80. The van der Waals surface area contributed by atoms with Crippen LogP contribution in [0.5, 0.6) is 11.5 Å². The molecular formula is C30H34F3N5O4S. The van der Waals surface area contributed by atoms with Gasteiger partial charge >= 0.3 is 6.36 Å². The van der Waals surface area contributed by atoms with Crippen LogP contribution >= 0.6 is 0 Å². The van der Waals surface area contributed by atoms with Gasteiger partial charge in [0.05, 0.1) is 24.1 Å². The highest BCUT2D eigenvalue weighted by atomic mass is 32.2. The van der Waals surface area contributed by atoms with Gasteiger partial charge in [-0.3, -0.25) is 0 Å². The van der Waals surface area contributed by atoms with Gasteiger partial charge in [0.2, 0.25) is 10.0 Å². The Kier molecular flexibility index (Phi) is 8.20. The predicted octanol–water partition coefficient (Wildman–Crippen LogP) is 6.11. The molecule has 43 heavy (non-hydrogen) atoms. The number of sulfonamides is 1. The zero-order valence-corrected chi connectivity index (χ0v) is 24.6. The largest absolute Gasteiger partial charge is 0.573 e. The molecule has 6 rings (SSSR count). The summed E-state index contributed by atoms with van der Waals surface area (Å²) < 4.78 is 75.4. The number of aromatic nitrogens is 4. The van der Waals surface area contributed by atoms with Crippen molar-refractivity contribution in [3.05, 3.63) is 54.2 Å². The minimum Gasteiger partial charge on any atom is -0.493 e. The topological polar surface area (TPSA) is 110 Å². The zero-order chi connectivity index (χ0) is 30.2. The van der Waals surface area contributed by atoms with Crippen LogP contribution in [0.1, 0.15) is 56.0 Å². The van der Waals surface area contributed by atoms with E-state index in [4.69, 9.17) is 4.74 Å². The number of aryl methyl sites for hydroxylation is 1. The van der Waals surface area contributed by atoms with Crippen molar-refractivity contribution in [3.63, 3.8) is 0 Å². The number of aromatic amines is 1. The Hall–Kier alpha value is -3.45. The standard InChI is InChI=1S/C30H34F3N5O4S/c1-19-36-26-15-35-29-25(12-13-34-29)27(26)28(37-19)22-6-4-20(5-7-22)18-43(39,40)38-14-2-3-21(16-38)17-41-23-8-10-24(11-9-23)42-30(31,32)33/h8-13,15,20-22H,2-7,14,16-18H2,1H3,(H,36,37). The van der Waals surface area contributed by atoms with Crippen molar-refractivity contribution < 1.29 is 31.1 Å². The molecule has 1 saturated heterocycles. The van der Waals surface area contributed by atoms with E-state index < -0.39 is 16.4 Å². The number of nitrogens with one attached hydrogen (secondary N) is 1. The van der Waals surface area contributed by atoms with Crippen LogP contribution in [0.4, 0.5) is 13.2 Å². The normalized spacial score (nSPS) is 22.2. The second-order valence-electron chi connectivity index (χ2n) is 11.6. The summed E-state index contributed by atoms with van der Waals surface area (Å²) in [5, 5.41) is 2.04. The second kappa shape index (κ2) is 11.9. The van der Waals surface area contributed by atoms with E-state index in [1.54, 1.807) is 16.7 Å². The molecule has 2 aliphatic rings. The van der Waals surface area contributed by atoms with Gasteiger partial charge in [-0.2, -0.15) is 0 Å². The van der Waals surface area contributed by atoms with Crippen LogP contribution in [0.15, 0.2) is 42.7 Å². The molecule has 3 aromatic heterocycles. The van der Waals surface area contributed by atoms with E-state index in [1.807, 2.05) is 13.0 Å². The monoisotopic (exact) mass is 617 g/mol. The lowest BCUT2D eigenvalue weighted by Crippen LogP contribution is -2.43. The average Bonchev–Trinajstić information content (AvgIpc) is 3.45. The van der Waals surface area contributed by atoms with E-state index in [2.05, 4.69) is 24.7 Å². The molecule has 2 fully saturated rings. The SMILES string of the molecule is Cc1nc2cnc3nccc3c2c(C2CCC(CS(=O)(=O)N3CCCC(COc4ccc(OC(F)(F)F)cc4)C3)CC2)[nH]1. The minimum atomic E-state index is -4.75. The van der Waals surface area contributed by atoms with E-state index >= 15 is 0 Å².